The van der Waals surface area contributed by atoms with Crippen molar-refractivity contribution in [2.75, 3.05) is 13.1 Å². The number of β-amino-alcohol motifs (C(OH)–C–C–N with tert-alkyl or cyclic N) is 1. The highest BCUT2D eigenvalue weighted by Crippen LogP contribution is 2.12. The standard InChI is InChI=1S/C8H10N2O3/c11-6-2-4-10(5-6)8(12)7-1-3-9-13-7/h1,3,6,11H,2,4-5H2/t6-/m0/s1. The maximum Gasteiger partial charge on any atom is 0.292 e. The topological polar surface area (TPSA) is 66.6 Å². The Morgan fingerprint density at radius 3 is 3.15 bits per heavy atom. The second-order valence-electron chi connectivity index (χ2n) is 3.07. The number of aliphatic hydroxyl groups excluding tert-OH is 1. The lowest BCUT2D eigenvalue weighted by Gasteiger charge is -2.12. The Hall–Kier alpha value is -1.36. The van der Waals surface area contributed by atoms with Crippen molar-refractivity contribution in [1.82, 2.24) is 10.1 Å². The molecule has 0 spiro atoms. The predicted octanol–water partition coefficient (Wildman–Crippen LogP) is -0.119. The molecule has 1 aromatic rings. The number of hydrogen-bond acceptors (Lipinski definition) is 4. The normalized spacial score (nSPS) is 22.2. The van der Waals surface area contributed by atoms with Crippen LogP contribution in [0, 0.1) is 0 Å². The molecule has 1 aliphatic rings. The van der Waals surface area contributed by atoms with Crippen molar-refractivity contribution in [1.29, 1.82) is 0 Å². The number of likely N-dealkylation sites (tertiary alicyclic amines) is 1. The van der Waals surface area contributed by atoms with E-state index in [4.69, 9.17) is 4.52 Å². The molecular weight excluding hydrogens is 172 g/mol. The Balaban J connectivity index is 2.06. The van der Waals surface area contributed by atoms with E-state index >= 15 is 0 Å². The van der Waals surface area contributed by atoms with E-state index in [2.05, 4.69) is 5.16 Å². The predicted molar refractivity (Wildman–Crippen MR) is 43.0 cm³/mol. The number of hydrogen-bond donors (Lipinski definition) is 1. The Morgan fingerprint density at radius 2 is 2.62 bits per heavy atom. The molecule has 1 saturated heterocycles. The second kappa shape index (κ2) is 3.18. The first-order valence-corrected chi connectivity index (χ1v) is 4.15. The van der Waals surface area contributed by atoms with Gasteiger partial charge in [-0.25, -0.2) is 0 Å². The lowest BCUT2D eigenvalue weighted by Crippen LogP contribution is -2.29. The maximum atomic E-state index is 11.5. The summed E-state index contributed by atoms with van der Waals surface area (Å²) in [6.45, 7) is 0.972. The third-order valence-corrected chi connectivity index (χ3v) is 2.10. The van der Waals surface area contributed by atoms with Crippen LogP contribution in [0.25, 0.3) is 0 Å². The van der Waals surface area contributed by atoms with Gasteiger partial charge in [0.15, 0.2) is 0 Å². The molecule has 2 heterocycles. The number of nitrogens with zero attached hydrogens (tertiary/aromatic N) is 2. The van der Waals surface area contributed by atoms with Crippen LogP contribution in [0.4, 0.5) is 0 Å². The molecule has 0 saturated carbocycles. The first-order valence-electron chi connectivity index (χ1n) is 4.15. The van der Waals surface area contributed by atoms with E-state index in [1.807, 2.05) is 0 Å². The molecule has 5 nitrogen and oxygen atoms in total. The summed E-state index contributed by atoms with van der Waals surface area (Å²) >= 11 is 0. The van der Waals surface area contributed by atoms with Gasteiger partial charge in [0.2, 0.25) is 5.76 Å². The number of rotatable bonds is 1. The summed E-state index contributed by atoms with van der Waals surface area (Å²) in [6, 6.07) is 1.52. The summed E-state index contributed by atoms with van der Waals surface area (Å²) in [5.41, 5.74) is 0. The highest BCUT2D eigenvalue weighted by Gasteiger charge is 2.26. The van der Waals surface area contributed by atoms with Crippen molar-refractivity contribution < 1.29 is 14.4 Å². The van der Waals surface area contributed by atoms with Gasteiger partial charge in [-0.3, -0.25) is 4.79 Å². The number of aromatic nitrogens is 1. The van der Waals surface area contributed by atoms with Gasteiger partial charge in [0.05, 0.1) is 12.3 Å². The van der Waals surface area contributed by atoms with Gasteiger partial charge in [-0.1, -0.05) is 5.16 Å². The SMILES string of the molecule is O=C(c1ccno1)N1CC[C@H](O)C1. The molecule has 1 amide bonds. The van der Waals surface area contributed by atoms with E-state index in [1.165, 1.54) is 12.3 Å². The van der Waals surface area contributed by atoms with Crippen molar-refractivity contribution in [2.45, 2.75) is 12.5 Å². The Bertz CT molecular complexity index is 296. The fourth-order valence-corrected chi connectivity index (χ4v) is 1.41. The summed E-state index contributed by atoms with van der Waals surface area (Å²) in [6.07, 6.45) is 1.67. The highest BCUT2D eigenvalue weighted by atomic mass is 16.5. The van der Waals surface area contributed by atoms with E-state index in [0.717, 1.165) is 0 Å². The molecular formula is C8H10N2O3. The fraction of sp³-hybridized carbons (Fsp3) is 0.500. The van der Waals surface area contributed by atoms with Crippen molar-refractivity contribution in [3.63, 3.8) is 0 Å². The Labute approximate surface area is 74.9 Å². The first-order chi connectivity index (χ1) is 6.27. The molecule has 70 valence electrons. The average molecular weight is 182 g/mol. The third-order valence-electron chi connectivity index (χ3n) is 2.10. The zero-order valence-corrected chi connectivity index (χ0v) is 7.01. The minimum Gasteiger partial charge on any atom is -0.391 e. The van der Waals surface area contributed by atoms with E-state index in [-0.39, 0.29) is 11.7 Å². The monoisotopic (exact) mass is 182 g/mol. The van der Waals surface area contributed by atoms with Crippen LogP contribution >= 0.6 is 0 Å². The van der Waals surface area contributed by atoms with Gasteiger partial charge in [0.1, 0.15) is 0 Å². The van der Waals surface area contributed by atoms with Gasteiger partial charge >= 0.3 is 0 Å². The summed E-state index contributed by atoms with van der Waals surface area (Å²) in [5.74, 6) is 0.0307. The molecule has 1 fully saturated rings. The molecule has 0 aromatic carbocycles. The van der Waals surface area contributed by atoms with Crippen molar-refractivity contribution in [3.8, 4) is 0 Å². The average Bonchev–Trinajstić information content (AvgIpc) is 2.72. The molecule has 1 atom stereocenters. The van der Waals surface area contributed by atoms with Crippen molar-refractivity contribution in [2.24, 2.45) is 0 Å². The summed E-state index contributed by atoms with van der Waals surface area (Å²) in [7, 11) is 0. The first kappa shape index (κ1) is 8.25. The molecule has 0 aliphatic carbocycles. The smallest absolute Gasteiger partial charge is 0.292 e. The molecule has 1 N–H and O–H groups in total. The largest absolute Gasteiger partial charge is 0.391 e. The highest BCUT2D eigenvalue weighted by molar-refractivity contribution is 5.91. The number of aliphatic hydroxyl groups is 1. The van der Waals surface area contributed by atoms with Crippen LogP contribution in [-0.2, 0) is 0 Å². The number of carbonyl (C=O) groups is 1. The fourth-order valence-electron chi connectivity index (χ4n) is 1.41. The molecule has 13 heavy (non-hydrogen) atoms. The van der Waals surface area contributed by atoms with Gasteiger partial charge in [0, 0.05) is 19.2 Å². The molecule has 0 bridgehead atoms. The molecule has 5 heteroatoms. The van der Waals surface area contributed by atoms with Gasteiger partial charge in [0.25, 0.3) is 5.91 Å². The molecule has 1 aromatic heterocycles. The summed E-state index contributed by atoms with van der Waals surface area (Å²) in [4.78, 5) is 13.1. The molecule has 1 aliphatic heterocycles. The zero-order chi connectivity index (χ0) is 9.26. The van der Waals surface area contributed by atoms with Crippen LogP contribution < -0.4 is 0 Å². The van der Waals surface area contributed by atoms with Crippen molar-refractivity contribution in [3.05, 3.63) is 18.0 Å². The van der Waals surface area contributed by atoms with Crippen molar-refractivity contribution >= 4 is 5.91 Å². The van der Waals surface area contributed by atoms with E-state index in [9.17, 15) is 9.90 Å². The van der Waals surface area contributed by atoms with Crippen LogP contribution in [0.1, 0.15) is 17.0 Å². The molecule has 0 radical (unpaired) electrons. The minimum absolute atomic E-state index is 0.200. The number of amides is 1. The van der Waals surface area contributed by atoms with E-state index < -0.39 is 6.10 Å². The third kappa shape index (κ3) is 1.55. The zero-order valence-electron chi connectivity index (χ0n) is 7.01. The van der Waals surface area contributed by atoms with Crippen LogP contribution in [-0.4, -0.2) is 40.3 Å². The van der Waals surface area contributed by atoms with Gasteiger partial charge in [-0.2, -0.15) is 0 Å². The lowest BCUT2D eigenvalue weighted by molar-refractivity contribution is 0.0724. The molecule has 2 rings (SSSR count). The summed E-state index contributed by atoms with van der Waals surface area (Å²) in [5, 5.41) is 12.7. The van der Waals surface area contributed by atoms with E-state index in [1.54, 1.807) is 4.90 Å². The Morgan fingerprint density at radius 1 is 1.77 bits per heavy atom. The molecule has 0 unspecified atom stereocenters. The quantitative estimate of drug-likeness (QED) is 0.657. The minimum atomic E-state index is -0.396. The van der Waals surface area contributed by atoms with Gasteiger partial charge in [-0.05, 0) is 6.42 Å². The van der Waals surface area contributed by atoms with Gasteiger partial charge in [-0.15, -0.1) is 0 Å². The summed E-state index contributed by atoms with van der Waals surface area (Å²) < 4.78 is 4.72. The van der Waals surface area contributed by atoms with Gasteiger partial charge < -0.3 is 14.5 Å². The van der Waals surface area contributed by atoms with E-state index in [0.29, 0.717) is 19.5 Å². The van der Waals surface area contributed by atoms with Crippen LogP contribution in [0.2, 0.25) is 0 Å². The maximum absolute atomic E-state index is 11.5. The van der Waals surface area contributed by atoms with Crippen LogP contribution in [0.3, 0.4) is 0 Å². The number of carbonyl (C=O) groups excluding carboxylic acids is 1. The second-order valence-corrected chi connectivity index (χ2v) is 3.07. The van der Waals surface area contributed by atoms with Crippen LogP contribution in [0.5, 0.6) is 0 Å². The lowest BCUT2D eigenvalue weighted by atomic mass is 10.3. The Kier molecular flexibility index (Phi) is 2.02. The van der Waals surface area contributed by atoms with Crippen LogP contribution in [0.15, 0.2) is 16.8 Å².